The van der Waals surface area contributed by atoms with Crippen molar-refractivity contribution in [3.63, 3.8) is 0 Å². The van der Waals surface area contributed by atoms with Crippen molar-refractivity contribution in [2.24, 2.45) is 0 Å². The Bertz CT molecular complexity index is 830. The Morgan fingerprint density at radius 1 is 1.04 bits per heavy atom. The highest BCUT2D eigenvalue weighted by molar-refractivity contribution is 6.30. The van der Waals surface area contributed by atoms with Crippen LogP contribution in [-0.4, -0.2) is 36.6 Å². The summed E-state index contributed by atoms with van der Waals surface area (Å²) in [5.74, 6) is -0.978. The fraction of sp³-hybridized carbons (Fsp3) is 0.364. The molecule has 1 amide bonds. The van der Waals surface area contributed by atoms with Crippen LogP contribution in [0.1, 0.15) is 40.7 Å². The van der Waals surface area contributed by atoms with Crippen LogP contribution in [0.3, 0.4) is 0 Å². The first-order chi connectivity index (χ1) is 13.5. The first kappa shape index (κ1) is 20.2. The summed E-state index contributed by atoms with van der Waals surface area (Å²) in [6.07, 6.45) is 4.56. The van der Waals surface area contributed by atoms with E-state index in [-0.39, 0.29) is 11.5 Å². The number of nitrogens with one attached hydrogen (secondary N) is 1. The minimum absolute atomic E-state index is 0.0392. The van der Waals surface area contributed by atoms with Gasteiger partial charge in [0.05, 0.1) is 12.0 Å². The van der Waals surface area contributed by atoms with E-state index in [0.29, 0.717) is 24.4 Å². The molecule has 2 aromatic rings. The number of piperidine rings is 1. The van der Waals surface area contributed by atoms with Crippen LogP contribution < -0.4 is 10.2 Å². The number of benzene rings is 2. The van der Waals surface area contributed by atoms with Crippen LogP contribution in [0, 0.1) is 0 Å². The first-order valence-corrected chi connectivity index (χ1v) is 10.0. The predicted molar refractivity (Wildman–Crippen MR) is 111 cm³/mol. The van der Waals surface area contributed by atoms with Gasteiger partial charge in [0.2, 0.25) is 5.91 Å². The molecule has 0 unspecified atom stereocenters. The highest BCUT2D eigenvalue weighted by atomic mass is 35.5. The predicted octanol–water partition coefficient (Wildman–Crippen LogP) is 3.93. The third kappa shape index (κ3) is 5.49. The van der Waals surface area contributed by atoms with E-state index in [1.54, 1.807) is 24.3 Å². The SMILES string of the molecule is O=C(Cc1cc(Cl)ccc1N1CCCCC1)NCCc1ccc(C(=O)O)cc1. The number of hydrogen-bond acceptors (Lipinski definition) is 3. The summed E-state index contributed by atoms with van der Waals surface area (Å²) in [7, 11) is 0. The molecular weight excluding hydrogens is 376 g/mol. The Balaban J connectivity index is 1.55. The Morgan fingerprint density at radius 2 is 1.75 bits per heavy atom. The average molecular weight is 401 g/mol. The van der Waals surface area contributed by atoms with E-state index in [1.165, 1.54) is 19.3 Å². The lowest BCUT2D eigenvalue weighted by Crippen LogP contribution is -2.32. The molecule has 28 heavy (non-hydrogen) atoms. The zero-order valence-electron chi connectivity index (χ0n) is 15.8. The topological polar surface area (TPSA) is 69.6 Å². The summed E-state index contributed by atoms with van der Waals surface area (Å²) in [6, 6.07) is 12.5. The second-order valence-electron chi connectivity index (χ2n) is 7.10. The monoisotopic (exact) mass is 400 g/mol. The van der Waals surface area contributed by atoms with E-state index in [1.807, 2.05) is 18.2 Å². The molecule has 1 fully saturated rings. The lowest BCUT2D eigenvalue weighted by molar-refractivity contribution is -0.120. The summed E-state index contributed by atoms with van der Waals surface area (Å²) in [5, 5.41) is 12.5. The molecule has 2 N–H and O–H groups in total. The minimum atomic E-state index is -0.939. The standard InChI is InChI=1S/C22H25ClN2O3/c23-19-8-9-20(25-12-2-1-3-13-25)18(14-19)15-21(26)24-11-10-16-4-6-17(7-5-16)22(27)28/h4-9,14H,1-3,10-13,15H2,(H,24,26)(H,27,28). The smallest absolute Gasteiger partial charge is 0.335 e. The molecule has 0 saturated carbocycles. The molecule has 0 radical (unpaired) electrons. The van der Waals surface area contributed by atoms with Crippen LogP contribution in [0.15, 0.2) is 42.5 Å². The lowest BCUT2D eigenvalue weighted by atomic mass is 10.0. The molecule has 0 aromatic heterocycles. The van der Waals surface area contributed by atoms with Gasteiger partial charge >= 0.3 is 5.97 Å². The summed E-state index contributed by atoms with van der Waals surface area (Å²) in [4.78, 5) is 25.7. The van der Waals surface area contributed by atoms with Gasteiger partial charge in [0.25, 0.3) is 0 Å². The van der Waals surface area contributed by atoms with Gasteiger partial charge in [0.15, 0.2) is 0 Å². The number of carbonyl (C=O) groups is 2. The zero-order valence-corrected chi connectivity index (χ0v) is 16.5. The fourth-order valence-electron chi connectivity index (χ4n) is 3.53. The van der Waals surface area contributed by atoms with Crippen molar-refractivity contribution < 1.29 is 14.7 Å². The molecule has 1 saturated heterocycles. The van der Waals surface area contributed by atoms with Crippen molar-refractivity contribution in [1.82, 2.24) is 5.32 Å². The van der Waals surface area contributed by atoms with Crippen molar-refractivity contribution in [1.29, 1.82) is 0 Å². The maximum Gasteiger partial charge on any atom is 0.335 e. The molecule has 1 aliphatic heterocycles. The molecule has 0 aliphatic carbocycles. The van der Waals surface area contributed by atoms with Gasteiger partial charge in [-0.2, -0.15) is 0 Å². The van der Waals surface area contributed by atoms with Crippen molar-refractivity contribution in [3.05, 3.63) is 64.2 Å². The first-order valence-electron chi connectivity index (χ1n) is 9.65. The quantitative estimate of drug-likeness (QED) is 0.738. The molecule has 3 rings (SSSR count). The van der Waals surface area contributed by atoms with Gasteiger partial charge in [0.1, 0.15) is 0 Å². The number of aromatic carboxylic acids is 1. The number of nitrogens with zero attached hydrogens (tertiary/aromatic N) is 1. The Kier molecular flexibility index (Phi) is 6.93. The second-order valence-corrected chi connectivity index (χ2v) is 7.54. The number of carboxylic acid groups (broad SMARTS) is 1. The molecule has 6 heteroatoms. The maximum absolute atomic E-state index is 12.4. The molecule has 1 heterocycles. The third-order valence-electron chi connectivity index (χ3n) is 5.03. The average Bonchev–Trinajstić information content (AvgIpc) is 2.69. The van der Waals surface area contributed by atoms with Gasteiger partial charge in [-0.25, -0.2) is 4.79 Å². The largest absolute Gasteiger partial charge is 0.478 e. The van der Waals surface area contributed by atoms with Crippen LogP contribution in [0.25, 0.3) is 0 Å². The normalized spacial score (nSPS) is 14.0. The van der Waals surface area contributed by atoms with Crippen LogP contribution in [0.4, 0.5) is 5.69 Å². The van der Waals surface area contributed by atoms with Crippen LogP contribution in [-0.2, 0) is 17.6 Å². The van der Waals surface area contributed by atoms with Crippen LogP contribution in [0.5, 0.6) is 0 Å². The number of hydrogen-bond donors (Lipinski definition) is 2. The number of rotatable bonds is 7. The molecule has 0 spiro atoms. The fourth-order valence-corrected chi connectivity index (χ4v) is 3.73. The molecule has 148 valence electrons. The highest BCUT2D eigenvalue weighted by Gasteiger charge is 2.16. The summed E-state index contributed by atoms with van der Waals surface area (Å²) >= 11 is 6.17. The number of carbonyl (C=O) groups excluding carboxylic acids is 1. The van der Waals surface area contributed by atoms with Crippen molar-refractivity contribution in [2.45, 2.75) is 32.1 Å². The summed E-state index contributed by atoms with van der Waals surface area (Å²) < 4.78 is 0. The molecule has 5 nitrogen and oxygen atoms in total. The Morgan fingerprint density at radius 3 is 2.43 bits per heavy atom. The van der Waals surface area contributed by atoms with E-state index in [4.69, 9.17) is 16.7 Å². The van der Waals surface area contributed by atoms with Crippen molar-refractivity contribution >= 4 is 29.2 Å². The van der Waals surface area contributed by atoms with E-state index >= 15 is 0 Å². The lowest BCUT2D eigenvalue weighted by Gasteiger charge is -2.30. The molecule has 0 atom stereocenters. The van der Waals surface area contributed by atoms with Gasteiger partial charge in [-0.15, -0.1) is 0 Å². The highest BCUT2D eigenvalue weighted by Crippen LogP contribution is 2.27. The number of amides is 1. The number of anilines is 1. The summed E-state index contributed by atoms with van der Waals surface area (Å²) in [6.45, 7) is 2.54. The van der Waals surface area contributed by atoms with Gasteiger partial charge in [-0.3, -0.25) is 4.79 Å². The van der Waals surface area contributed by atoms with Crippen LogP contribution in [0.2, 0.25) is 5.02 Å². The van der Waals surface area contributed by atoms with Gasteiger partial charge < -0.3 is 15.3 Å². The van der Waals surface area contributed by atoms with Crippen molar-refractivity contribution in [3.8, 4) is 0 Å². The molecular formula is C22H25ClN2O3. The Labute approximate surface area is 170 Å². The van der Waals surface area contributed by atoms with Crippen LogP contribution >= 0.6 is 11.6 Å². The third-order valence-corrected chi connectivity index (χ3v) is 5.26. The minimum Gasteiger partial charge on any atom is -0.478 e. The van der Waals surface area contributed by atoms with Crippen molar-refractivity contribution in [2.75, 3.05) is 24.5 Å². The summed E-state index contributed by atoms with van der Waals surface area (Å²) in [5.41, 5.74) is 3.31. The Hall–Kier alpha value is -2.53. The van der Waals surface area contributed by atoms with E-state index in [0.717, 1.165) is 29.9 Å². The molecule has 2 aromatic carbocycles. The van der Waals surface area contributed by atoms with Gasteiger partial charge in [-0.05, 0) is 67.1 Å². The van der Waals surface area contributed by atoms with Gasteiger partial charge in [0, 0.05) is 30.3 Å². The number of halogens is 1. The zero-order chi connectivity index (χ0) is 19.9. The maximum atomic E-state index is 12.4. The van der Waals surface area contributed by atoms with E-state index in [2.05, 4.69) is 10.2 Å². The number of carboxylic acids is 1. The van der Waals surface area contributed by atoms with Gasteiger partial charge in [-0.1, -0.05) is 23.7 Å². The second kappa shape index (κ2) is 9.60. The molecule has 0 bridgehead atoms. The van der Waals surface area contributed by atoms with E-state index < -0.39 is 5.97 Å². The molecule has 1 aliphatic rings. The van der Waals surface area contributed by atoms with E-state index in [9.17, 15) is 9.59 Å².